The summed E-state index contributed by atoms with van der Waals surface area (Å²) in [6.45, 7) is 8.24. The molecule has 0 saturated carbocycles. The molecule has 0 atom stereocenters. The van der Waals surface area contributed by atoms with Crippen molar-refractivity contribution in [2.45, 2.75) is 60.3 Å². The van der Waals surface area contributed by atoms with Crippen molar-refractivity contribution < 1.29 is 27.6 Å². The molecule has 0 aliphatic carbocycles. The molecule has 420 valence electrons. The highest BCUT2D eigenvalue weighted by Gasteiger charge is 2.36. The van der Waals surface area contributed by atoms with E-state index in [-0.39, 0.29) is 34.8 Å². The lowest BCUT2D eigenvalue weighted by Gasteiger charge is -2.29. The van der Waals surface area contributed by atoms with Gasteiger partial charge < -0.3 is 10.0 Å². The van der Waals surface area contributed by atoms with E-state index in [0.717, 1.165) is 39.5 Å². The topological polar surface area (TPSA) is 76.1 Å². The Morgan fingerprint density at radius 2 is 0.890 bits per heavy atom. The summed E-state index contributed by atoms with van der Waals surface area (Å²) in [7, 11) is -1.34. The third kappa shape index (κ3) is 14.6. The van der Waals surface area contributed by atoms with Crippen LogP contribution in [0.3, 0.4) is 0 Å². The molecule has 82 heavy (non-hydrogen) atoms. The van der Waals surface area contributed by atoms with Crippen LogP contribution in [0, 0.1) is 23.3 Å². The van der Waals surface area contributed by atoms with E-state index in [9.17, 15) is 17.6 Å². The molecule has 2 N–H and O–H groups in total. The number of benzene rings is 8. The first-order valence-electron chi connectivity index (χ1n) is 25.0. The third-order valence-electron chi connectivity index (χ3n) is 13.2. The van der Waals surface area contributed by atoms with Gasteiger partial charge in [-0.15, -0.1) is 0 Å². The molecule has 0 bridgehead atoms. The molecule has 8 aromatic carbocycles. The van der Waals surface area contributed by atoms with E-state index < -0.39 is 17.9 Å². The zero-order valence-electron chi connectivity index (χ0n) is 44.0. The summed E-state index contributed by atoms with van der Waals surface area (Å²) in [5.74, 6) is -0.932. The first-order chi connectivity index (χ1) is 39.1. The van der Waals surface area contributed by atoms with E-state index in [1.54, 1.807) is 84.9 Å². The van der Waals surface area contributed by atoms with E-state index in [1.807, 2.05) is 83.6 Å². The average molecular weight is 1320 g/mol. The van der Waals surface area contributed by atoms with Crippen LogP contribution in [-0.4, -0.2) is 36.3 Å². The monoisotopic (exact) mass is 1320 g/mol. The fraction of sp³-hybridized carbons (Fsp3) is 0.129. The highest BCUT2D eigenvalue weighted by molar-refractivity contribution is 9.10. The van der Waals surface area contributed by atoms with Crippen LogP contribution in [0.1, 0.15) is 61.3 Å². The molecule has 2 aromatic heterocycles. The Balaban J connectivity index is 0.000000187. The first kappa shape index (κ1) is 62.8. The fourth-order valence-electron chi connectivity index (χ4n) is 8.82. The van der Waals surface area contributed by atoms with E-state index >= 15 is 0 Å². The van der Waals surface area contributed by atoms with Crippen LogP contribution >= 0.6 is 109 Å². The summed E-state index contributed by atoms with van der Waals surface area (Å²) in [6, 6.07) is 51.2. The molecule has 0 aliphatic heterocycles. The second kappa shape index (κ2) is 27.7. The Morgan fingerprint density at radius 1 is 0.476 bits per heavy atom. The molecule has 20 heteroatoms. The maximum Gasteiger partial charge on any atom is 0.488 e. The molecular formula is C62H48BBrCl6F4N4O2S2. The van der Waals surface area contributed by atoms with Gasteiger partial charge in [0.15, 0.2) is 10.3 Å². The molecule has 6 nitrogen and oxygen atoms in total. The van der Waals surface area contributed by atoms with Crippen molar-refractivity contribution in [1.82, 2.24) is 19.1 Å². The molecule has 0 radical (unpaired) electrons. The lowest BCUT2D eigenvalue weighted by atomic mass is 9.79. The normalized spacial score (nSPS) is 11.4. The van der Waals surface area contributed by atoms with Gasteiger partial charge in [0.2, 0.25) is 0 Å². The highest BCUT2D eigenvalue weighted by Crippen LogP contribution is 2.46. The van der Waals surface area contributed by atoms with E-state index in [2.05, 4.69) is 29.8 Å². The van der Waals surface area contributed by atoms with E-state index in [1.165, 1.54) is 59.9 Å². The third-order valence-corrected chi connectivity index (χ3v) is 17.9. The standard InChI is InChI=1S/C31H23Cl3F2N2S.C25H18BrCl3F2N2S.C6H7BO2/c1-31(2,20-11-16-25(33)26(34)17-20)29-28(19-7-4-3-5-8-19)37-30(38(29)22-14-12-21(35)13-15-22)39-18-23-24(32)9-6-10-27(23)36;1-25(2,14-6-11-19(28)20(29)12-14)22-23(26)32-24(33(22)16-9-7-15(30)8-10-16)34-13-17-18(27)4-3-5-21(17)31;8-7(9)6-4-2-1-3-5-6/h3-17H,18H2,1-2H3;3-12H,13H2,1-2H3;1-5,8-9H. The van der Waals surface area contributed by atoms with Crippen LogP contribution < -0.4 is 5.46 Å². The smallest absolute Gasteiger partial charge is 0.423 e. The van der Waals surface area contributed by atoms with Crippen LogP contribution in [0.5, 0.6) is 0 Å². The Bertz CT molecular complexity index is 3800. The Labute approximate surface area is 520 Å². The van der Waals surface area contributed by atoms with Crippen LogP contribution in [0.15, 0.2) is 197 Å². The summed E-state index contributed by atoms with van der Waals surface area (Å²) in [5.41, 5.74) is 6.71. The molecular weight excluding hydrogens is 1280 g/mol. The number of halogens is 11. The zero-order valence-corrected chi connectivity index (χ0v) is 51.7. The van der Waals surface area contributed by atoms with Gasteiger partial charge in [-0.3, -0.25) is 9.13 Å². The Kier molecular flexibility index (Phi) is 21.2. The molecule has 0 spiro atoms. The lowest BCUT2D eigenvalue weighted by Crippen LogP contribution is -2.29. The average Bonchev–Trinajstić information content (AvgIpc) is 2.43. The Morgan fingerprint density at radius 3 is 1.30 bits per heavy atom. The van der Waals surface area contributed by atoms with Gasteiger partial charge >= 0.3 is 7.12 Å². The number of hydrogen-bond acceptors (Lipinski definition) is 6. The van der Waals surface area contributed by atoms with Gasteiger partial charge in [-0.25, -0.2) is 27.5 Å². The minimum absolute atomic E-state index is 0.255. The van der Waals surface area contributed by atoms with Gasteiger partial charge in [0.25, 0.3) is 0 Å². The maximum atomic E-state index is 14.7. The largest absolute Gasteiger partial charge is 0.488 e. The van der Waals surface area contributed by atoms with E-state index in [0.29, 0.717) is 67.3 Å². The fourth-order valence-corrected chi connectivity index (χ4v) is 13.1. The molecule has 0 saturated heterocycles. The second-order valence-corrected chi connectivity index (χ2v) is 24.5. The summed E-state index contributed by atoms with van der Waals surface area (Å²) in [6.07, 6.45) is 0. The first-order valence-corrected chi connectivity index (χ1v) is 30.0. The van der Waals surface area contributed by atoms with Crippen molar-refractivity contribution in [3.8, 4) is 22.6 Å². The predicted molar refractivity (Wildman–Crippen MR) is 336 cm³/mol. The predicted octanol–water partition coefficient (Wildman–Crippen LogP) is 19.3. The van der Waals surface area contributed by atoms with Gasteiger partial charge in [-0.1, -0.05) is 206 Å². The summed E-state index contributed by atoms with van der Waals surface area (Å²) < 4.78 is 61.3. The maximum absolute atomic E-state index is 14.7. The summed E-state index contributed by atoms with van der Waals surface area (Å²) >= 11 is 44.0. The highest BCUT2D eigenvalue weighted by atomic mass is 79.9. The van der Waals surface area contributed by atoms with Gasteiger partial charge in [0.1, 0.15) is 27.9 Å². The summed E-state index contributed by atoms with van der Waals surface area (Å²) in [5, 5.41) is 20.9. The quantitative estimate of drug-likeness (QED) is 0.0642. The van der Waals surface area contributed by atoms with Gasteiger partial charge in [-0.2, -0.15) is 0 Å². The number of rotatable bonds is 14. The second-order valence-electron chi connectivity index (χ2n) is 19.4. The number of nitrogens with zero attached hydrogens (tertiary/aromatic N) is 4. The van der Waals surface area contributed by atoms with Crippen LogP contribution in [0.4, 0.5) is 17.6 Å². The van der Waals surface area contributed by atoms with Crippen molar-refractivity contribution in [3.05, 3.63) is 274 Å². The van der Waals surface area contributed by atoms with Gasteiger partial charge in [0, 0.05) is 60.4 Å². The van der Waals surface area contributed by atoms with Crippen LogP contribution in [-0.2, 0) is 22.3 Å². The molecule has 2 heterocycles. The number of imidazole rings is 2. The summed E-state index contributed by atoms with van der Waals surface area (Å²) in [4.78, 5) is 9.83. The number of hydrogen-bond donors (Lipinski definition) is 2. The minimum atomic E-state index is -1.34. The van der Waals surface area contributed by atoms with Crippen molar-refractivity contribution in [2.24, 2.45) is 0 Å². The Hall–Kier alpha value is -5.20. The molecule has 0 amide bonds. The van der Waals surface area contributed by atoms with Crippen molar-refractivity contribution in [3.63, 3.8) is 0 Å². The molecule has 10 aromatic rings. The van der Waals surface area contributed by atoms with Crippen LogP contribution in [0.25, 0.3) is 22.6 Å². The molecule has 10 rings (SSSR count). The number of thioether (sulfide) groups is 2. The van der Waals surface area contributed by atoms with E-state index in [4.69, 9.17) is 89.6 Å². The zero-order chi connectivity index (χ0) is 59.0. The van der Waals surface area contributed by atoms with Crippen molar-refractivity contribution >= 4 is 122 Å². The van der Waals surface area contributed by atoms with Crippen molar-refractivity contribution in [2.75, 3.05) is 0 Å². The SMILES string of the molecule is CC(C)(c1ccc(Cl)c(Cl)c1)c1c(-c2ccccc2)nc(SCc2c(F)cccc2Cl)n1-c1ccc(F)cc1.CC(C)(c1ccc(Cl)c(Cl)c1)c1c(Br)nc(SCc2c(F)cccc2Cl)n1-c1ccc(F)cc1.OB(O)c1ccccc1. The number of aromatic nitrogens is 4. The lowest BCUT2D eigenvalue weighted by molar-refractivity contribution is 0.426. The minimum Gasteiger partial charge on any atom is -0.423 e. The molecule has 0 aliphatic rings. The van der Waals surface area contributed by atoms with Gasteiger partial charge in [0.05, 0.1) is 37.2 Å². The molecule has 0 unspecified atom stereocenters. The van der Waals surface area contributed by atoms with Crippen LogP contribution in [0.2, 0.25) is 30.1 Å². The van der Waals surface area contributed by atoms with Gasteiger partial charge in [-0.05, 0) is 130 Å². The van der Waals surface area contributed by atoms with Crippen molar-refractivity contribution in [1.29, 1.82) is 0 Å². The molecule has 0 fully saturated rings.